The molecule has 0 fully saturated rings. The maximum Gasteiger partial charge on any atom is 0.124 e. The van der Waals surface area contributed by atoms with Crippen molar-refractivity contribution in [2.45, 2.75) is 19.4 Å². The van der Waals surface area contributed by atoms with Crippen LogP contribution in [0, 0.1) is 17.7 Å². The largest absolute Gasteiger partial charge is 0.387 e. The lowest BCUT2D eigenvalue weighted by atomic mass is 10.1. The van der Waals surface area contributed by atoms with Crippen molar-refractivity contribution in [1.29, 1.82) is 0 Å². The van der Waals surface area contributed by atoms with Crippen LogP contribution in [0.1, 0.15) is 25.0 Å². The first-order valence-corrected chi connectivity index (χ1v) is 4.97. The molecule has 0 aromatic heterocycles. The van der Waals surface area contributed by atoms with Gasteiger partial charge in [-0.25, -0.2) is 4.39 Å². The molecular weight excluding hydrogens is 247 g/mol. The van der Waals surface area contributed by atoms with Gasteiger partial charge in [0.2, 0.25) is 0 Å². The minimum absolute atomic E-state index is 0.325. The maximum absolute atomic E-state index is 12.7. The van der Waals surface area contributed by atoms with Gasteiger partial charge < -0.3 is 5.11 Å². The van der Waals surface area contributed by atoms with E-state index in [1.165, 1.54) is 12.1 Å². The summed E-state index contributed by atoms with van der Waals surface area (Å²) in [6.45, 7) is 1.71. The third kappa shape index (κ3) is 2.83. The van der Waals surface area contributed by atoms with Crippen molar-refractivity contribution in [1.82, 2.24) is 0 Å². The molecule has 0 heterocycles. The topological polar surface area (TPSA) is 20.2 Å². The van der Waals surface area contributed by atoms with Gasteiger partial charge in [-0.15, -0.1) is 11.8 Å². The van der Waals surface area contributed by atoms with Crippen molar-refractivity contribution in [2.75, 3.05) is 0 Å². The van der Waals surface area contributed by atoms with Crippen molar-refractivity contribution >= 4 is 15.9 Å². The SMILES string of the molecule is CC#CCC(O)c1ccc(F)cc1Br. The predicted molar refractivity (Wildman–Crippen MR) is 57.1 cm³/mol. The first-order chi connectivity index (χ1) is 6.65. The molecule has 14 heavy (non-hydrogen) atoms. The molecule has 0 aliphatic heterocycles. The maximum atomic E-state index is 12.7. The fourth-order valence-corrected chi connectivity index (χ4v) is 1.70. The van der Waals surface area contributed by atoms with Crippen LogP contribution in [0.15, 0.2) is 22.7 Å². The smallest absolute Gasteiger partial charge is 0.124 e. The Morgan fingerprint density at radius 1 is 1.57 bits per heavy atom. The van der Waals surface area contributed by atoms with Gasteiger partial charge in [-0.2, -0.15) is 0 Å². The molecule has 1 aromatic rings. The van der Waals surface area contributed by atoms with Crippen LogP contribution in [0.4, 0.5) is 4.39 Å². The zero-order valence-electron chi connectivity index (χ0n) is 7.72. The Bertz CT molecular complexity index is 379. The predicted octanol–water partition coefficient (Wildman–Crippen LogP) is 3.04. The van der Waals surface area contributed by atoms with Gasteiger partial charge in [-0.05, 0) is 24.6 Å². The normalized spacial score (nSPS) is 11.7. The van der Waals surface area contributed by atoms with Crippen LogP contribution in [-0.2, 0) is 0 Å². The summed E-state index contributed by atoms with van der Waals surface area (Å²) in [4.78, 5) is 0. The Balaban J connectivity index is 2.88. The van der Waals surface area contributed by atoms with Gasteiger partial charge >= 0.3 is 0 Å². The van der Waals surface area contributed by atoms with E-state index in [1.54, 1.807) is 13.0 Å². The number of rotatable bonds is 2. The zero-order valence-corrected chi connectivity index (χ0v) is 9.31. The Hall–Kier alpha value is -0.850. The van der Waals surface area contributed by atoms with Crippen molar-refractivity contribution in [3.8, 4) is 11.8 Å². The zero-order chi connectivity index (χ0) is 10.6. The van der Waals surface area contributed by atoms with Crippen molar-refractivity contribution in [3.63, 3.8) is 0 Å². The molecule has 0 bridgehead atoms. The summed E-state index contributed by atoms with van der Waals surface area (Å²) >= 11 is 3.19. The van der Waals surface area contributed by atoms with E-state index in [1.807, 2.05) is 0 Å². The third-order valence-corrected chi connectivity index (χ3v) is 2.48. The molecule has 0 spiro atoms. The molecule has 1 aromatic carbocycles. The molecule has 0 saturated carbocycles. The number of aliphatic hydroxyl groups excluding tert-OH is 1. The van der Waals surface area contributed by atoms with Gasteiger partial charge in [0.15, 0.2) is 0 Å². The Kier molecular flexibility index (Phi) is 4.12. The molecule has 0 aliphatic carbocycles. The molecule has 0 saturated heterocycles. The van der Waals surface area contributed by atoms with E-state index < -0.39 is 6.10 Å². The highest BCUT2D eigenvalue weighted by atomic mass is 79.9. The van der Waals surface area contributed by atoms with Crippen LogP contribution in [0.3, 0.4) is 0 Å². The highest BCUT2D eigenvalue weighted by Crippen LogP contribution is 2.25. The minimum atomic E-state index is -0.669. The molecular formula is C11H10BrFO. The molecule has 1 atom stereocenters. The van der Waals surface area contributed by atoms with E-state index in [2.05, 4.69) is 27.8 Å². The molecule has 0 radical (unpaired) electrons. The van der Waals surface area contributed by atoms with Crippen LogP contribution in [0.5, 0.6) is 0 Å². The van der Waals surface area contributed by atoms with E-state index in [9.17, 15) is 9.50 Å². The van der Waals surface area contributed by atoms with E-state index in [0.717, 1.165) is 0 Å². The molecule has 1 N–H and O–H groups in total. The van der Waals surface area contributed by atoms with Crippen molar-refractivity contribution in [2.24, 2.45) is 0 Å². The molecule has 0 amide bonds. The van der Waals surface area contributed by atoms with E-state index in [0.29, 0.717) is 16.5 Å². The van der Waals surface area contributed by atoms with Gasteiger partial charge in [0.05, 0.1) is 6.10 Å². The summed E-state index contributed by atoms with van der Waals surface area (Å²) in [5, 5.41) is 9.67. The van der Waals surface area contributed by atoms with Crippen LogP contribution in [0.2, 0.25) is 0 Å². The molecule has 1 rings (SSSR count). The van der Waals surface area contributed by atoms with Gasteiger partial charge in [0.25, 0.3) is 0 Å². The molecule has 74 valence electrons. The minimum Gasteiger partial charge on any atom is -0.387 e. The Labute approximate surface area is 91.1 Å². The Morgan fingerprint density at radius 3 is 2.86 bits per heavy atom. The van der Waals surface area contributed by atoms with Crippen LogP contribution >= 0.6 is 15.9 Å². The molecule has 1 unspecified atom stereocenters. The fourth-order valence-electron chi connectivity index (χ4n) is 1.08. The third-order valence-electron chi connectivity index (χ3n) is 1.79. The quantitative estimate of drug-likeness (QED) is 0.807. The van der Waals surface area contributed by atoms with Gasteiger partial charge in [0, 0.05) is 10.9 Å². The van der Waals surface area contributed by atoms with Crippen LogP contribution in [0.25, 0.3) is 0 Å². The van der Waals surface area contributed by atoms with Crippen LogP contribution in [-0.4, -0.2) is 5.11 Å². The first-order valence-electron chi connectivity index (χ1n) is 4.17. The summed E-state index contributed by atoms with van der Waals surface area (Å²) in [7, 11) is 0. The van der Waals surface area contributed by atoms with Crippen molar-refractivity contribution in [3.05, 3.63) is 34.1 Å². The standard InChI is InChI=1S/C11H10BrFO/c1-2-3-4-11(14)9-6-5-8(13)7-10(9)12/h5-7,11,14H,4H2,1H3. The lowest BCUT2D eigenvalue weighted by molar-refractivity contribution is 0.183. The second kappa shape index (κ2) is 5.14. The van der Waals surface area contributed by atoms with E-state index in [4.69, 9.17) is 0 Å². The monoisotopic (exact) mass is 256 g/mol. The number of hydrogen-bond acceptors (Lipinski definition) is 1. The Morgan fingerprint density at radius 2 is 2.29 bits per heavy atom. The first kappa shape index (κ1) is 11.2. The van der Waals surface area contributed by atoms with Gasteiger partial charge in [-0.1, -0.05) is 22.0 Å². The molecule has 0 aliphatic rings. The summed E-state index contributed by atoms with van der Waals surface area (Å²) < 4.78 is 13.3. The number of benzene rings is 1. The molecule has 3 heteroatoms. The van der Waals surface area contributed by atoms with Crippen LogP contribution < -0.4 is 0 Å². The average molecular weight is 257 g/mol. The number of hydrogen-bond donors (Lipinski definition) is 1. The second-order valence-corrected chi connectivity index (χ2v) is 3.67. The number of halogens is 2. The fraction of sp³-hybridized carbons (Fsp3) is 0.273. The number of aliphatic hydroxyl groups is 1. The summed E-state index contributed by atoms with van der Waals surface area (Å²) in [5.41, 5.74) is 0.661. The van der Waals surface area contributed by atoms with Gasteiger partial charge in [0.1, 0.15) is 5.82 Å². The average Bonchev–Trinajstić information content (AvgIpc) is 2.14. The molecule has 1 nitrogen and oxygen atoms in total. The lowest BCUT2D eigenvalue weighted by Gasteiger charge is -2.09. The highest BCUT2D eigenvalue weighted by Gasteiger charge is 2.10. The summed E-state index contributed by atoms with van der Waals surface area (Å²) in [6, 6.07) is 4.21. The summed E-state index contributed by atoms with van der Waals surface area (Å²) in [6.07, 6.45) is -0.307. The van der Waals surface area contributed by atoms with Crippen molar-refractivity contribution < 1.29 is 9.50 Å². The second-order valence-electron chi connectivity index (χ2n) is 2.81. The van der Waals surface area contributed by atoms with E-state index in [-0.39, 0.29) is 5.82 Å². The van der Waals surface area contributed by atoms with Gasteiger partial charge in [-0.3, -0.25) is 0 Å². The lowest BCUT2D eigenvalue weighted by Crippen LogP contribution is -1.97. The van der Waals surface area contributed by atoms with E-state index >= 15 is 0 Å². The summed E-state index contributed by atoms with van der Waals surface area (Å²) in [5.74, 6) is 5.15. The highest BCUT2D eigenvalue weighted by molar-refractivity contribution is 9.10.